The molecule has 2 amide bonds. The topological polar surface area (TPSA) is 96.0 Å². The van der Waals surface area contributed by atoms with Gasteiger partial charge in [-0.3, -0.25) is 9.59 Å². The smallest absolute Gasteiger partial charge is 0.257 e. The third kappa shape index (κ3) is 6.79. The molecule has 9 heteroatoms. The number of halogens is 2. The summed E-state index contributed by atoms with van der Waals surface area (Å²) < 4.78 is 0. The van der Waals surface area contributed by atoms with E-state index in [9.17, 15) is 9.59 Å². The Morgan fingerprint density at radius 1 is 0.921 bits per heavy atom. The first kappa shape index (κ1) is 27.4. The fourth-order valence-corrected chi connectivity index (χ4v) is 4.25. The minimum absolute atomic E-state index is 0.0458. The molecule has 0 spiro atoms. The second-order valence-electron chi connectivity index (χ2n) is 10.2. The summed E-state index contributed by atoms with van der Waals surface area (Å²) in [5, 5.41) is 10.7. The van der Waals surface area contributed by atoms with Crippen molar-refractivity contribution in [1.82, 2.24) is 15.3 Å². The fourth-order valence-electron chi connectivity index (χ4n) is 3.93. The van der Waals surface area contributed by atoms with Gasteiger partial charge in [0.15, 0.2) is 5.82 Å². The van der Waals surface area contributed by atoms with Crippen LogP contribution in [0.2, 0.25) is 10.0 Å². The molecular formula is C29H29Cl2N5O2. The number of carbonyl (C=O) groups excluding carboxylic acids is 2. The minimum atomic E-state index is -0.363. The van der Waals surface area contributed by atoms with Crippen molar-refractivity contribution < 1.29 is 9.59 Å². The molecule has 0 bridgehead atoms. The highest BCUT2D eigenvalue weighted by molar-refractivity contribution is 6.34. The summed E-state index contributed by atoms with van der Waals surface area (Å²) in [6, 6.07) is 17.9. The van der Waals surface area contributed by atoms with Crippen LogP contribution in [0.15, 0.2) is 60.7 Å². The zero-order valence-corrected chi connectivity index (χ0v) is 23.2. The Morgan fingerprint density at radius 2 is 1.66 bits per heavy atom. The number of carbonyl (C=O) groups is 2. The number of rotatable bonds is 7. The van der Waals surface area contributed by atoms with Gasteiger partial charge < -0.3 is 16.0 Å². The van der Waals surface area contributed by atoms with Gasteiger partial charge in [-0.05, 0) is 65.6 Å². The summed E-state index contributed by atoms with van der Waals surface area (Å²) in [5.41, 5.74) is 3.02. The number of hydrogen-bond acceptors (Lipinski definition) is 5. The molecule has 0 saturated carbocycles. The zero-order valence-electron chi connectivity index (χ0n) is 21.7. The summed E-state index contributed by atoms with van der Waals surface area (Å²) in [7, 11) is 1.80. The van der Waals surface area contributed by atoms with E-state index in [4.69, 9.17) is 28.2 Å². The molecule has 38 heavy (non-hydrogen) atoms. The third-order valence-corrected chi connectivity index (χ3v) is 6.33. The molecule has 3 aromatic carbocycles. The van der Waals surface area contributed by atoms with Crippen LogP contribution < -0.4 is 16.0 Å². The second-order valence-corrected chi connectivity index (χ2v) is 11.0. The van der Waals surface area contributed by atoms with E-state index in [-0.39, 0.29) is 17.2 Å². The van der Waals surface area contributed by atoms with Gasteiger partial charge in [0, 0.05) is 41.7 Å². The van der Waals surface area contributed by atoms with Gasteiger partial charge in [-0.15, -0.1) is 0 Å². The molecule has 4 rings (SSSR count). The fraction of sp³-hybridized carbons (Fsp3) is 0.241. The van der Waals surface area contributed by atoms with Crippen LogP contribution >= 0.6 is 23.2 Å². The van der Waals surface area contributed by atoms with Gasteiger partial charge in [0.05, 0.1) is 16.1 Å². The lowest BCUT2D eigenvalue weighted by Crippen LogP contribution is -2.27. The number of hydrogen-bond donors (Lipinski definition) is 3. The monoisotopic (exact) mass is 549 g/mol. The van der Waals surface area contributed by atoms with Crippen molar-refractivity contribution in [1.29, 1.82) is 0 Å². The summed E-state index contributed by atoms with van der Waals surface area (Å²) >= 11 is 12.4. The summed E-state index contributed by atoms with van der Waals surface area (Å²) in [5.74, 6) is 0.793. The number of amides is 2. The lowest BCUT2D eigenvalue weighted by Gasteiger charge is -2.17. The van der Waals surface area contributed by atoms with Gasteiger partial charge in [-0.2, -0.15) is 0 Å². The minimum Gasteiger partial charge on any atom is -0.373 e. The lowest BCUT2D eigenvalue weighted by atomic mass is 9.92. The molecule has 0 radical (unpaired) electrons. The van der Waals surface area contributed by atoms with Crippen molar-refractivity contribution in [2.45, 2.75) is 33.7 Å². The molecule has 7 nitrogen and oxygen atoms in total. The Balaban J connectivity index is 1.56. The summed E-state index contributed by atoms with van der Waals surface area (Å²) in [4.78, 5) is 34.7. The molecule has 0 aliphatic heterocycles. The molecule has 0 atom stereocenters. The average molecular weight is 550 g/mol. The Bertz CT molecular complexity index is 1500. The third-order valence-electron chi connectivity index (χ3n) is 5.75. The van der Waals surface area contributed by atoms with Crippen molar-refractivity contribution in [2.75, 3.05) is 17.7 Å². The van der Waals surface area contributed by atoms with E-state index < -0.39 is 0 Å². The first-order valence-corrected chi connectivity index (χ1v) is 12.9. The highest BCUT2D eigenvalue weighted by Crippen LogP contribution is 2.28. The molecule has 196 valence electrons. The number of fused-ring (bicyclic) bond motifs is 1. The quantitative estimate of drug-likeness (QED) is 0.232. The first-order valence-electron chi connectivity index (χ1n) is 12.1. The second kappa shape index (κ2) is 11.4. The molecule has 0 saturated heterocycles. The summed E-state index contributed by atoms with van der Waals surface area (Å²) in [6.45, 7) is 6.33. The largest absolute Gasteiger partial charge is 0.373 e. The van der Waals surface area contributed by atoms with Crippen LogP contribution in [0.25, 0.3) is 22.3 Å². The maximum absolute atomic E-state index is 13.2. The van der Waals surface area contributed by atoms with Crippen LogP contribution in [-0.2, 0) is 11.3 Å². The van der Waals surface area contributed by atoms with E-state index in [0.717, 1.165) is 16.5 Å². The van der Waals surface area contributed by atoms with Gasteiger partial charge in [-0.25, -0.2) is 9.97 Å². The molecule has 0 aliphatic rings. The number of anilines is 2. The van der Waals surface area contributed by atoms with Crippen molar-refractivity contribution in [3.8, 4) is 11.4 Å². The Hall–Kier alpha value is -3.68. The molecular weight excluding hydrogens is 521 g/mol. The molecule has 0 unspecified atom stereocenters. The maximum atomic E-state index is 13.2. The Labute approximate surface area is 232 Å². The van der Waals surface area contributed by atoms with Crippen LogP contribution in [0.5, 0.6) is 0 Å². The number of nitrogens with zero attached hydrogens (tertiary/aromatic N) is 2. The van der Waals surface area contributed by atoms with E-state index in [1.54, 1.807) is 49.5 Å². The van der Waals surface area contributed by atoms with E-state index in [0.29, 0.717) is 51.4 Å². The molecule has 0 aliphatic carbocycles. The number of aromatic nitrogens is 2. The Morgan fingerprint density at radius 3 is 2.34 bits per heavy atom. The van der Waals surface area contributed by atoms with Crippen LogP contribution in [0, 0.1) is 5.41 Å². The highest BCUT2D eigenvalue weighted by Gasteiger charge is 2.17. The van der Waals surface area contributed by atoms with Crippen LogP contribution in [0.4, 0.5) is 11.5 Å². The Kier molecular flexibility index (Phi) is 8.19. The van der Waals surface area contributed by atoms with Gasteiger partial charge in [0.2, 0.25) is 5.91 Å². The van der Waals surface area contributed by atoms with Crippen LogP contribution in [0.3, 0.4) is 0 Å². The van der Waals surface area contributed by atoms with Crippen molar-refractivity contribution in [2.24, 2.45) is 5.41 Å². The van der Waals surface area contributed by atoms with E-state index in [1.165, 1.54) is 0 Å². The van der Waals surface area contributed by atoms with Gasteiger partial charge in [-0.1, -0.05) is 50.0 Å². The predicted molar refractivity (Wildman–Crippen MR) is 155 cm³/mol. The first-order chi connectivity index (χ1) is 18.0. The predicted octanol–water partition coefficient (Wildman–Crippen LogP) is 6.95. The normalized spacial score (nSPS) is 11.3. The highest BCUT2D eigenvalue weighted by atomic mass is 35.5. The van der Waals surface area contributed by atoms with Gasteiger partial charge in [0.25, 0.3) is 5.91 Å². The number of nitrogens with one attached hydrogen (secondary N) is 3. The van der Waals surface area contributed by atoms with E-state index in [1.807, 2.05) is 39.0 Å². The molecule has 3 N–H and O–H groups in total. The summed E-state index contributed by atoms with van der Waals surface area (Å²) in [6.07, 6.45) is 0.411. The standard InChI is InChI=1S/C29H29Cl2N5O2/c1-29(2,3)15-25(37)33-16-17-5-12-23(31)22(13-17)28(38)34-20-10-11-21-24(14-20)35-26(36-27(21)32-4)18-6-8-19(30)9-7-18/h5-14H,15-16H2,1-4H3,(H,33,37)(H,34,38)(H,32,35,36). The SMILES string of the molecule is CNc1nc(-c2ccc(Cl)cc2)nc2cc(NC(=O)c3cc(CNC(=O)CC(C)(C)C)ccc3Cl)ccc12. The zero-order chi connectivity index (χ0) is 27.4. The van der Waals surface area contributed by atoms with Crippen LogP contribution in [-0.4, -0.2) is 28.8 Å². The number of benzene rings is 3. The van der Waals surface area contributed by atoms with Gasteiger partial charge >= 0.3 is 0 Å². The molecule has 0 fully saturated rings. The molecule has 1 aromatic heterocycles. The van der Waals surface area contributed by atoms with E-state index >= 15 is 0 Å². The molecule has 4 aromatic rings. The van der Waals surface area contributed by atoms with E-state index in [2.05, 4.69) is 20.9 Å². The molecule has 1 heterocycles. The lowest BCUT2D eigenvalue weighted by molar-refractivity contribution is -0.122. The van der Waals surface area contributed by atoms with Gasteiger partial charge in [0.1, 0.15) is 5.82 Å². The van der Waals surface area contributed by atoms with Crippen molar-refractivity contribution in [3.05, 3.63) is 81.8 Å². The van der Waals surface area contributed by atoms with Crippen molar-refractivity contribution in [3.63, 3.8) is 0 Å². The average Bonchev–Trinajstić information content (AvgIpc) is 2.86. The maximum Gasteiger partial charge on any atom is 0.257 e. The van der Waals surface area contributed by atoms with Crippen molar-refractivity contribution >= 4 is 57.4 Å². The van der Waals surface area contributed by atoms with Crippen LogP contribution in [0.1, 0.15) is 43.1 Å².